The van der Waals surface area contributed by atoms with Crippen molar-refractivity contribution in [2.24, 2.45) is 11.7 Å². The van der Waals surface area contributed by atoms with E-state index in [2.05, 4.69) is 33.3 Å². The van der Waals surface area contributed by atoms with Gasteiger partial charge in [-0.3, -0.25) is 4.40 Å². The Morgan fingerprint density at radius 1 is 1.44 bits per heavy atom. The van der Waals surface area contributed by atoms with Crippen molar-refractivity contribution in [2.45, 2.75) is 25.8 Å². The lowest BCUT2D eigenvalue weighted by Crippen LogP contribution is -2.43. The standard InChI is InChI=1S/C14H20N4/c1-11(15)12-4-3-8-17(10-12)14-6-2-5-13-16-7-9-18(13)14/h2,5-7,9,11-12H,3-4,8,10,15H2,1H3. The average Bonchev–Trinajstić information content (AvgIpc) is 2.87. The van der Waals surface area contributed by atoms with Gasteiger partial charge in [0.2, 0.25) is 0 Å². The molecule has 2 atom stereocenters. The molecular weight excluding hydrogens is 224 g/mol. The summed E-state index contributed by atoms with van der Waals surface area (Å²) < 4.78 is 2.16. The van der Waals surface area contributed by atoms with E-state index in [9.17, 15) is 0 Å². The number of imidazole rings is 1. The third-order valence-electron chi connectivity index (χ3n) is 3.93. The van der Waals surface area contributed by atoms with Crippen LogP contribution in [0.2, 0.25) is 0 Å². The molecule has 1 fully saturated rings. The lowest BCUT2D eigenvalue weighted by atomic mass is 9.92. The summed E-state index contributed by atoms with van der Waals surface area (Å²) in [5.41, 5.74) is 7.06. The molecule has 0 aliphatic carbocycles. The Balaban J connectivity index is 1.92. The second kappa shape index (κ2) is 4.61. The highest BCUT2D eigenvalue weighted by atomic mass is 15.2. The normalized spacial score (nSPS) is 22.3. The summed E-state index contributed by atoms with van der Waals surface area (Å²) in [4.78, 5) is 6.78. The van der Waals surface area contributed by atoms with Gasteiger partial charge in [0, 0.05) is 31.5 Å². The Hall–Kier alpha value is -1.55. The van der Waals surface area contributed by atoms with E-state index in [1.165, 1.54) is 18.7 Å². The van der Waals surface area contributed by atoms with E-state index in [0.29, 0.717) is 5.92 Å². The summed E-state index contributed by atoms with van der Waals surface area (Å²) in [7, 11) is 0. The first-order valence-electron chi connectivity index (χ1n) is 6.68. The number of nitrogens with zero attached hydrogens (tertiary/aromatic N) is 3. The summed E-state index contributed by atoms with van der Waals surface area (Å²) >= 11 is 0. The number of anilines is 1. The summed E-state index contributed by atoms with van der Waals surface area (Å²) in [5.74, 6) is 1.83. The number of fused-ring (bicyclic) bond motifs is 1. The minimum atomic E-state index is 0.273. The number of aromatic nitrogens is 2. The zero-order valence-electron chi connectivity index (χ0n) is 10.8. The second-order valence-corrected chi connectivity index (χ2v) is 5.25. The van der Waals surface area contributed by atoms with E-state index in [1.54, 1.807) is 0 Å². The van der Waals surface area contributed by atoms with Gasteiger partial charge in [0.25, 0.3) is 0 Å². The molecule has 3 heterocycles. The number of hydrogen-bond donors (Lipinski definition) is 1. The molecule has 0 radical (unpaired) electrons. The lowest BCUT2D eigenvalue weighted by molar-refractivity contribution is 0.363. The average molecular weight is 244 g/mol. The van der Waals surface area contributed by atoms with Gasteiger partial charge in [0.05, 0.1) is 0 Å². The molecule has 1 saturated heterocycles. The molecule has 0 aromatic carbocycles. The predicted octanol–water partition coefficient (Wildman–Crippen LogP) is 1.90. The van der Waals surface area contributed by atoms with Crippen LogP contribution >= 0.6 is 0 Å². The van der Waals surface area contributed by atoms with Crippen LogP contribution < -0.4 is 10.6 Å². The smallest absolute Gasteiger partial charge is 0.138 e. The summed E-state index contributed by atoms with van der Waals surface area (Å²) in [6, 6.07) is 6.55. The summed E-state index contributed by atoms with van der Waals surface area (Å²) in [6.07, 6.45) is 6.34. The van der Waals surface area contributed by atoms with Gasteiger partial charge in [-0.25, -0.2) is 4.98 Å². The maximum absolute atomic E-state index is 6.05. The van der Waals surface area contributed by atoms with Crippen molar-refractivity contribution in [1.29, 1.82) is 0 Å². The van der Waals surface area contributed by atoms with Crippen LogP contribution in [0.3, 0.4) is 0 Å². The van der Waals surface area contributed by atoms with Crippen LogP contribution in [0.4, 0.5) is 5.82 Å². The fourth-order valence-electron chi connectivity index (χ4n) is 2.84. The first-order chi connectivity index (χ1) is 8.75. The van der Waals surface area contributed by atoms with E-state index >= 15 is 0 Å². The topological polar surface area (TPSA) is 46.6 Å². The van der Waals surface area contributed by atoms with Gasteiger partial charge in [-0.1, -0.05) is 6.07 Å². The minimum absolute atomic E-state index is 0.273. The predicted molar refractivity (Wildman–Crippen MR) is 73.8 cm³/mol. The Bertz CT molecular complexity index is 531. The zero-order chi connectivity index (χ0) is 12.5. The van der Waals surface area contributed by atoms with Crippen LogP contribution in [0.25, 0.3) is 5.65 Å². The van der Waals surface area contributed by atoms with Gasteiger partial charge in [-0.15, -0.1) is 0 Å². The second-order valence-electron chi connectivity index (χ2n) is 5.25. The van der Waals surface area contributed by atoms with Crippen molar-refractivity contribution in [1.82, 2.24) is 9.38 Å². The molecule has 2 N–H and O–H groups in total. The monoisotopic (exact) mass is 244 g/mol. The third kappa shape index (κ3) is 1.97. The molecule has 1 aliphatic heterocycles. The first kappa shape index (κ1) is 11.5. The quantitative estimate of drug-likeness (QED) is 0.877. The molecule has 3 rings (SSSR count). The van der Waals surface area contributed by atoms with Gasteiger partial charge in [0.1, 0.15) is 11.5 Å². The van der Waals surface area contributed by atoms with Gasteiger partial charge in [-0.2, -0.15) is 0 Å². The molecule has 2 aromatic heterocycles. The zero-order valence-corrected chi connectivity index (χ0v) is 10.8. The van der Waals surface area contributed by atoms with Crippen LogP contribution in [-0.2, 0) is 0 Å². The maximum atomic E-state index is 6.05. The number of rotatable bonds is 2. The SMILES string of the molecule is CC(N)C1CCCN(c2cccc3nccn23)C1. The largest absolute Gasteiger partial charge is 0.357 e. The molecular formula is C14H20N4. The highest BCUT2D eigenvalue weighted by Gasteiger charge is 2.23. The van der Waals surface area contributed by atoms with Gasteiger partial charge < -0.3 is 10.6 Å². The van der Waals surface area contributed by atoms with Crippen LogP contribution in [0.5, 0.6) is 0 Å². The van der Waals surface area contributed by atoms with Crippen LogP contribution in [-0.4, -0.2) is 28.5 Å². The lowest BCUT2D eigenvalue weighted by Gasteiger charge is -2.36. The molecule has 4 heteroatoms. The molecule has 0 amide bonds. The van der Waals surface area contributed by atoms with Crippen molar-refractivity contribution in [3.05, 3.63) is 30.6 Å². The van der Waals surface area contributed by atoms with E-state index in [0.717, 1.165) is 18.7 Å². The van der Waals surface area contributed by atoms with Crippen molar-refractivity contribution in [2.75, 3.05) is 18.0 Å². The molecule has 0 spiro atoms. The fraction of sp³-hybridized carbons (Fsp3) is 0.500. The number of hydrogen-bond acceptors (Lipinski definition) is 3. The van der Waals surface area contributed by atoms with E-state index in [4.69, 9.17) is 5.73 Å². The van der Waals surface area contributed by atoms with Gasteiger partial charge in [0.15, 0.2) is 0 Å². The van der Waals surface area contributed by atoms with E-state index < -0.39 is 0 Å². The van der Waals surface area contributed by atoms with Crippen LogP contribution in [0.15, 0.2) is 30.6 Å². The first-order valence-corrected chi connectivity index (χ1v) is 6.68. The number of nitrogens with two attached hydrogens (primary N) is 1. The van der Waals surface area contributed by atoms with Crippen LogP contribution in [0.1, 0.15) is 19.8 Å². The van der Waals surface area contributed by atoms with Crippen molar-refractivity contribution in [3.8, 4) is 0 Å². The maximum Gasteiger partial charge on any atom is 0.138 e. The van der Waals surface area contributed by atoms with Crippen molar-refractivity contribution < 1.29 is 0 Å². The molecule has 0 saturated carbocycles. The van der Waals surface area contributed by atoms with Gasteiger partial charge in [-0.05, 0) is 37.8 Å². The highest BCUT2D eigenvalue weighted by Crippen LogP contribution is 2.25. The molecule has 0 bridgehead atoms. The number of pyridine rings is 1. The Morgan fingerprint density at radius 2 is 2.33 bits per heavy atom. The molecule has 18 heavy (non-hydrogen) atoms. The molecule has 96 valence electrons. The Kier molecular flexibility index (Phi) is 2.96. The summed E-state index contributed by atoms with van der Waals surface area (Å²) in [5, 5.41) is 0. The van der Waals surface area contributed by atoms with Crippen molar-refractivity contribution in [3.63, 3.8) is 0 Å². The number of piperidine rings is 1. The van der Waals surface area contributed by atoms with Crippen LogP contribution in [0, 0.1) is 5.92 Å². The van der Waals surface area contributed by atoms with Gasteiger partial charge >= 0.3 is 0 Å². The minimum Gasteiger partial charge on any atom is -0.357 e. The Morgan fingerprint density at radius 3 is 3.17 bits per heavy atom. The summed E-state index contributed by atoms with van der Waals surface area (Å²) in [6.45, 7) is 4.28. The third-order valence-corrected chi connectivity index (χ3v) is 3.93. The van der Waals surface area contributed by atoms with Crippen molar-refractivity contribution >= 4 is 11.5 Å². The molecule has 2 unspecified atom stereocenters. The molecule has 4 nitrogen and oxygen atoms in total. The molecule has 2 aromatic rings. The highest BCUT2D eigenvalue weighted by molar-refractivity contribution is 5.51. The van der Waals surface area contributed by atoms with E-state index in [-0.39, 0.29) is 6.04 Å². The fourth-order valence-corrected chi connectivity index (χ4v) is 2.84. The molecule has 1 aliphatic rings. The Labute approximate surface area is 107 Å². The van der Waals surface area contributed by atoms with E-state index in [1.807, 2.05) is 18.5 Å².